The molecule has 1 N–H and O–H groups in total. The van der Waals surface area contributed by atoms with Gasteiger partial charge in [-0.2, -0.15) is 0 Å². The van der Waals surface area contributed by atoms with Crippen LogP contribution in [0.25, 0.3) is 12.2 Å². The van der Waals surface area contributed by atoms with Gasteiger partial charge in [-0.1, -0.05) is 48.5 Å². The topological polar surface area (TPSA) is 77.9 Å². The molecule has 1 fully saturated rings. The summed E-state index contributed by atoms with van der Waals surface area (Å²) in [6.45, 7) is 2.79. The average molecular weight is 467 g/mol. The summed E-state index contributed by atoms with van der Waals surface area (Å²) < 4.78 is 0. The Morgan fingerprint density at radius 1 is 0.657 bits per heavy atom. The predicted octanol–water partition coefficient (Wildman–Crippen LogP) is 4.64. The summed E-state index contributed by atoms with van der Waals surface area (Å²) in [4.78, 5) is 39.9. The molecule has 0 spiro atoms. The summed E-state index contributed by atoms with van der Waals surface area (Å²) >= 11 is 0. The van der Waals surface area contributed by atoms with E-state index in [1.54, 1.807) is 18.2 Å². The normalized spacial score (nSPS) is 13.9. The molecule has 1 aliphatic rings. The lowest BCUT2D eigenvalue weighted by Crippen LogP contribution is -2.48. The first-order chi connectivity index (χ1) is 17.0. The van der Waals surface area contributed by atoms with Gasteiger partial charge in [-0.05, 0) is 59.7 Å². The molecular formula is C29H26N2O4. The van der Waals surface area contributed by atoms with Gasteiger partial charge in [-0.3, -0.25) is 9.59 Å². The average Bonchev–Trinajstić information content (AvgIpc) is 2.91. The third-order valence-electron chi connectivity index (χ3n) is 5.89. The molecule has 6 nitrogen and oxygen atoms in total. The second-order valence-corrected chi connectivity index (χ2v) is 8.23. The number of hydrogen-bond donors (Lipinski definition) is 1. The summed E-state index contributed by atoms with van der Waals surface area (Å²) in [5.41, 5.74) is 3.97. The van der Waals surface area contributed by atoms with Crippen molar-refractivity contribution in [3.8, 4) is 0 Å². The van der Waals surface area contributed by atoms with Crippen LogP contribution in [-0.2, 0) is 4.79 Å². The van der Waals surface area contributed by atoms with Crippen LogP contribution in [0.15, 0.2) is 91.0 Å². The molecule has 0 radical (unpaired) electrons. The van der Waals surface area contributed by atoms with Crippen molar-refractivity contribution >= 4 is 35.5 Å². The number of aliphatic carboxylic acids is 1. The molecule has 1 heterocycles. The highest BCUT2D eigenvalue weighted by atomic mass is 16.4. The van der Waals surface area contributed by atoms with Crippen LogP contribution in [0.1, 0.15) is 31.8 Å². The summed E-state index contributed by atoms with van der Waals surface area (Å²) in [5, 5.41) is 8.69. The Balaban J connectivity index is 1.31. The molecule has 1 amide bonds. The van der Waals surface area contributed by atoms with Gasteiger partial charge in [-0.25, -0.2) is 4.79 Å². The standard InChI is InChI=1S/C29H26N2O4/c32-27(16-10-22-6-8-23(9-7-22)11-17-28(33)34)24-12-14-26(15-13-24)30-18-20-31(21-19-30)29(35)25-4-2-1-3-5-25/h1-17H,18-21H2,(H,33,34). The van der Waals surface area contributed by atoms with Gasteiger partial charge in [0, 0.05) is 49.1 Å². The highest BCUT2D eigenvalue weighted by molar-refractivity contribution is 6.07. The first-order valence-corrected chi connectivity index (χ1v) is 11.4. The van der Waals surface area contributed by atoms with Crippen LogP contribution in [0.3, 0.4) is 0 Å². The number of piperazine rings is 1. The van der Waals surface area contributed by atoms with Crippen molar-refractivity contribution in [2.75, 3.05) is 31.1 Å². The number of benzene rings is 3. The molecule has 6 heteroatoms. The van der Waals surface area contributed by atoms with E-state index in [1.165, 1.54) is 12.2 Å². The molecule has 176 valence electrons. The van der Waals surface area contributed by atoms with Gasteiger partial charge in [-0.15, -0.1) is 0 Å². The van der Waals surface area contributed by atoms with Crippen molar-refractivity contribution in [2.24, 2.45) is 0 Å². The Labute approximate surface area is 204 Å². The van der Waals surface area contributed by atoms with E-state index in [2.05, 4.69) is 4.90 Å². The lowest BCUT2D eigenvalue weighted by molar-refractivity contribution is -0.131. The van der Waals surface area contributed by atoms with Crippen LogP contribution < -0.4 is 4.90 Å². The zero-order valence-electron chi connectivity index (χ0n) is 19.2. The van der Waals surface area contributed by atoms with Gasteiger partial charge in [0.05, 0.1) is 0 Å². The fraction of sp³-hybridized carbons (Fsp3) is 0.138. The second-order valence-electron chi connectivity index (χ2n) is 8.23. The Hall–Kier alpha value is -4.45. The quantitative estimate of drug-likeness (QED) is 0.405. The number of carbonyl (C=O) groups excluding carboxylic acids is 2. The number of anilines is 1. The van der Waals surface area contributed by atoms with E-state index in [9.17, 15) is 14.4 Å². The van der Waals surface area contributed by atoms with Crippen LogP contribution in [0.5, 0.6) is 0 Å². The van der Waals surface area contributed by atoms with Gasteiger partial charge in [0.1, 0.15) is 0 Å². The summed E-state index contributed by atoms with van der Waals surface area (Å²) in [5.74, 6) is -1.03. The highest BCUT2D eigenvalue weighted by Crippen LogP contribution is 2.19. The molecule has 0 bridgehead atoms. The second kappa shape index (κ2) is 11.1. The maximum Gasteiger partial charge on any atom is 0.328 e. The SMILES string of the molecule is O=C(O)C=Cc1ccc(C=CC(=O)c2ccc(N3CCN(C(=O)c4ccccc4)CC3)cc2)cc1. The van der Waals surface area contributed by atoms with E-state index in [0.717, 1.165) is 36.0 Å². The Morgan fingerprint density at radius 3 is 1.80 bits per heavy atom. The van der Waals surface area contributed by atoms with Crippen LogP contribution >= 0.6 is 0 Å². The summed E-state index contributed by atoms with van der Waals surface area (Å²) in [6, 6.07) is 24.1. The van der Waals surface area contributed by atoms with E-state index < -0.39 is 5.97 Å². The molecule has 0 saturated carbocycles. The van der Waals surface area contributed by atoms with Crippen molar-refractivity contribution in [3.05, 3.63) is 113 Å². The first-order valence-electron chi connectivity index (χ1n) is 11.4. The fourth-order valence-corrected chi connectivity index (χ4v) is 3.92. The number of hydrogen-bond acceptors (Lipinski definition) is 4. The molecule has 0 unspecified atom stereocenters. The van der Waals surface area contributed by atoms with Crippen LogP contribution in [0.4, 0.5) is 5.69 Å². The largest absolute Gasteiger partial charge is 0.478 e. The zero-order chi connectivity index (χ0) is 24.6. The lowest BCUT2D eigenvalue weighted by Gasteiger charge is -2.36. The third kappa shape index (κ3) is 6.32. The molecule has 1 aliphatic heterocycles. The predicted molar refractivity (Wildman–Crippen MR) is 137 cm³/mol. The molecule has 0 aliphatic carbocycles. The van der Waals surface area contributed by atoms with Gasteiger partial charge in [0.15, 0.2) is 5.78 Å². The highest BCUT2D eigenvalue weighted by Gasteiger charge is 2.22. The van der Waals surface area contributed by atoms with E-state index in [-0.39, 0.29) is 11.7 Å². The van der Waals surface area contributed by atoms with Crippen molar-refractivity contribution in [2.45, 2.75) is 0 Å². The first kappa shape index (κ1) is 23.7. The summed E-state index contributed by atoms with van der Waals surface area (Å²) in [6.07, 6.45) is 5.88. The zero-order valence-corrected chi connectivity index (χ0v) is 19.2. The lowest BCUT2D eigenvalue weighted by atomic mass is 10.1. The molecule has 0 aromatic heterocycles. The van der Waals surface area contributed by atoms with E-state index in [0.29, 0.717) is 24.2 Å². The van der Waals surface area contributed by atoms with Crippen LogP contribution in [-0.4, -0.2) is 53.8 Å². The number of carboxylic acids is 1. The fourth-order valence-electron chi connectivity index (χ4n) is 3.92. The molecule has 0 atom stereocenters. The summed E-state index contributed by atoms with van der Waals surface area (Å²) in [7, 11) is 0. The molecule has 3 aromatic carbocycles. The number of carbonyl (C=O) groups is 3. The minimum absolute atomic E-state index is 0.0596. The smallest absolute Gasteiger partial charge is 0.328 e. The number of rotatable bonds is 7. The molecular weight excluding hydrogens is 440 g/mol. The minimum atomic E-state index is -0.994. The Kier molecular flexibility index (Phi) is 7.53. The Bertz CT molecular complexity index is 1240. The maximum absolute atomic E-state index is 12.6. The number of allylic oxidation sites excluding steroid dienone is 1. The third-order valence-corrected chi connectivity index (χ3v) is 5.89. The monoisotopic (exact) mass is 466 g/mol. The number of nitrogens with zero attached hydrogens (tertiary/aromatic N) is 2. The van der Waals surface area contributed by atoms with Crippen molar-refractivity contribution < 1.29 is 19.5 Å². The van der Waals surface area contributed by atoms with E-state index >= 15 is 0 Å². The van der Waals surface area contributed by atoms with Crippen molar-refractivity contribution in [1.29, 1.82) is 0 Å². The van der Waals surface area contributed by atoms with Gasteiger partial charge < -0.3 is 14.9 Å². The van der Waals surface area contributed by atoms with Crippen LogP contribution in [0.2, 0.25) is 0 Å². The number of amides is 1. The minimum Gasteiger partial charge on any atom is -0.478 e. The van der Waals surface area contributed by atoms with E-state index in [4.69, 9.17) is 5.11 Å². The molecule has 1 saturated heterocycles. The van der Waals surface area contributed by atoms with Crippen molar-refractivity contribution in [1.82, 2.24) is 4.90 Å². The van der Waals surface area contributed by atoms with Crippen molar-refractivity contribution in [3.63, 3.8) is 0 Å². The van der Waals surface area contributed by atoms with Gasteiger partial charge in [0.2, 0.25) is 0 Å². The number of carboxylic acid groups (broad SMARTS) is 1. The number of ketones is 1. The van der Waals surface area contributed by atoms with Gasteiger partial charge >= 0.3 is 5.97 Å². The van der Waals surface area contributed by atoms with Crippen LogP contribution in [0, 0.1) is 0 Å². The van der Waals surface area contributed by atoms with E-state index in [1.807, 2.05) is 71.6 Å². The molecule has 35 heavy (non-hydrogen) atoms. The van der Waals surface area contributed by atoms with Gasteiger partial charge in [0.25, 0.3) is 5.91 Å². The molecule has 3 aromatic rings. The molecule has 4 rings (SSSR count). The Morgan fingerprint density at radius 2 is 1.23 bits per heavy atom. The maximum atomic E-state index is 12.6.